The Morgan fingerprint density at radius 2 is 1.71 bits per heavy atom. The standard InChI is InChI=1S/C19H26O2/c1-3-4-5-6-7-11-14-18(20)19(2,21)16-15-17-12-9-8-10-13-17/h8-10,12-13,21H,3-7,11,14H2,1-2H3. The minimum absolute atomic E-state index is 0.179. The second-order valence-electron chi connectivity index (χ2n) is 5.63. The van der Waals surface area contributed by atoms with Crippen molar-refractivity contribution in [2.24, 2.45) is 0 Å². The van der Waals surface area contributed by atoms with Crippen LogP contribution in [0, 0.1) is 11.8 Å². The molecule has 0 fully saturated rings. The van der Waals surface area contributed by atoms with Crippen molar-refractivity contribution in [3.8, 4) is 11.8 Å². The van der Waals surface area contributed by atoms with Gasteiger partial charge >= 0.3 is 0 Å². The molecule has 0 saturated carbocycles. The van der Waals surface area contributed by atoms with Crippen LogP contribution in [0.2, 0.25) is 0 Å². The first-order valence-corrected chi connectivity index (χ1v) is 7.90. The molecule has 2 nitrogen and oxygen atoms in total. The van der Waals surface area contributed by atoms with Crippen molar-refractivity contribution in [2.75, 3.05) is 0 Å². The molecular weight excluding hydrogens is 260 g/mol. The van der Waals surface area contributed by atoms with Gasteiger partial charge in [-0.25, -0.2) is 0 Å². The number of rotatable bonds is 8. The summed E-state index contributed by atoms with van der Waals surface area (Å²) in [4.78, 5) is 12.0. The lowest BCUT2D eigenvalue weighted by molar-refractivity contribution is -0.131. The first-order valence-electron chi connectivity index (χ1n) is 7.90. The van der Waals surface area contributed by atoms with Crippen LogP contribution in [0.5, 0.6) is 0 Å². The molecule has 1 rings (SSSR count). The summed E-state index contributed by atoms with van der Waals surface area (Å²) in [6, 6.07) is 9.41. The van der Waals surface area contributed by atoms with Crippen LogP contribution in [0.4, 0.5) is 0 Å². The van der Waals surface area contributed by atoms with Gasteiger partial charge in [-0.15, -0.1) is 0 Å². The summed E-state index contributed by atoms with van der Waals surface area (Å²) >= 11 is 0. The van der Waals surface area contributed by atoms with E-state index in [0.29, 0.717) is 6.42 Å². The lowest BCUT2D eigenvalue weighted by atomic mass is 9.96. The minimum Gasteiger partial charge on any atom is -0.371 e. The average molecular weight is 286 g/mol. The van der Waals surface area contributed by atoms with E-state index in [4.69, 9.17) is 0 Å². The van der Waals surface area contributed by atoms with E-state index in [1.54, 1.807) is 0 Å². The Labute approximate surface area is 128 Å². The number of carbonyl (C=O) groups is 1. The summed E-state index contributed by atoms with van der Waals surface area (Å²) in [5.74, 6) is 5.38. The van der Waals surface area contributed by atoms with Gasteiger partial charge in [0.15, 0.2) is 11.4 Å². The fourth-order valence-electron chi connectivity index (χ4n) is 2.09. The van der Waals surface area contributed by atoms with Crippen LogP contribution in [0.1, 0.15) is 64.4 Å². The van der Waals surface area contributed by atoms with Gasteiger partial charge in [-0.3, -0.25) is 4.79 Å². The van der Waals surface area contributed by atoms with Crippen molar-refractivity contribution in [3.63, 3.8) is 0 Å². The monoisotopic (exact) mass is 286 g/mol. The summed E-state index contributed by atoms with van der Waals surface area (Å²) in [6.07, 6.45) is 7.17. The zero-order valence-corrected chi connectivity index (χ0v) is 13.2. The third-order valence-corrected chi connectivity index (χ3v) is 3.52. The molecule has 2 heteroatoms. The van der Waals surface area contributed by atoms with Gasteiger partial charge in [-0.05, 0) is 25.5 Å². The third-order valence-electron chi connectivity index (χ3n) is 3.52. The van der Waals surface area contributed by atoms with Crippen LogP contribution < -0.4 is 0 Å². The SMILES string of the molecule is CCCCCCCCC(=O)C(C)(O)C#Cc1ccccc1. The number of hydrogen-bond donors (Lipinski definition) is 1. The van der Waals surface area contributed by atoms with Crippen LogP contribution in [-0.4, -0.2) is 16.5 Å². The first kappa shape index (κ1) is 17.5. The van der Waals surface area contributed by atoms with E-state index >= 15 is 0 Å². The van der Waals surface area contributed by atoms with Gasteiger partial charge in [0.05, 0.1) is 0 Å². The Balaban J connectivity index is 2.40. The topological polar surface area (TPSA) is 37.3 Å². The molecule has 0 aromatic heterocycles. The highest BCUT2D eigenvalue weighted by Crippen LogP contribution is 2.12. The first-order chi connectivity index (χ1) is 10.1. The summed E-state index contributed by atoms with van der Waals surface area (Å²) in [6.45, 7) is 3.68. The molecule has 1 unspecified atom stereocenters. The lowest BCUT2D eigenvalue weighted by Gasteiger charge is -2.14. The van der Waals surface area contributed by atoms with Gasteiger partial charge in [0.1, 0.15) is 0 Å². The summed E-state index contributed by atoms with van der Waals surface area (Å²) in [5, 5.41) is 10.2. The van der Waals surface area contributed by atoms with Crippen molar-refractivity contribution in [1.29, 1.82) is 0 Å². The number of ketones is 1. The predicted molar refractivity (Wildman–Crippen MR) is 86.9 cm³/mol. The number of benzene rings is 1. The molecular formula is C19H26O2. The molecule has 0 amide bonds. The van der Waals surface area contributed by atoms with Crippen molar-refractivity contribution in [1.82, 2.24) is 0 Å². The molecule has 0 bridgehead atoms. The molecule has 114 valence electrons. The molecule has 0 radical (unpaired) electrons. The molecule has 1 aromatic carbocycles. The molecule has 0 aliphatic heterocycles. The van der Waals surface area contributed by atoms with Gasteiger partial charge in [-0.2, -0.15) is 0 Å². The summed E-state index contributed by atoms with van der Waals surface area (Å²) < 4.78 is 0. The molecule has 21 heavy (non-hydrogen) atoms. The Kier molecular flexibility index (Phi) is 7.79. The van der Waals surface area contributed by atoms with E-state index in [0.717, 1.165) is 18.4 Å². The fraction of sp³-hybridized carbons (Fsp3) is 0.526. The second-order valence-corrected chi connectivity index (χ2v) is 5.63. The van der Waals surface area contributed by atoms with Crippen LogP contribution >= 0.6 is 0 Å². The van der Waals surface area contributed by atoms with Crippen molar-refractivity contribution >= 4 is 5.78 Å². The van der Waals surface area contributed by atoms with Crippen LogP contribution in [-0.2, 0) is 4.79 Å². The Morgan fingerprint density at radius 3 is 2.38 bits per heavy atom. The van der Waals surface area contributed by atoms with Gasteiger partial charge < -0.3 is 5.11 Å². The fourth-order valence-corrected chi connectivity index (χ4v) is 2.09. The van der Waals surface area contributed by atoms with E-state index < -0.39 is 5.60 Å². The molecule has 1 atom stereocenters. The van der Waals surface area contributed by atoms with Crippen LogP contribution in [0.3, 0.4) is 0 Å². The zero-order chi connectivity index (χ0) is 15.6. The molecule has 0 aliphatic rings. The normalized spacial score (nSPS) is 13.1. The number of hydrogen-bond acceptors (Lipinski definition) is 2. The predicted octanol–water partition coefficient (Wildman–Crippen LogP) is 4.11. The van der Waals surface area contributed by atoms with E-state index in [2.05, 4.69) is 18.8 Å². The second kappa shape index (κ2) is 9.37. The minimum atomic E-state index is -1.54. The third kappa shape index (κ3) is 7.11. The molecule has 1 aromatic rings. The highest BCUT2D eigenvalue weighted by atomic mass is 16.3. The van der Waals surface area contributed by atoms with E-state index in [1.165, 1.54) is 32.6 Å². The summed E-state index contributed by atoms with van der Waals surface area (Å²) in [7, 11) is 0. The molecule has 0 saturated heterocycles. The van der Waals surface area contributed by atoms with Crippen molar-refractivity contribution in [2.45, 2.75) is 64.4 Å². The van der Waals surface area contributed by atoms with Gasteiger partial charge in [-0.1, -0.05) is 69.1 Å². The molecule has 1 N–H and O–H groups in total. The number of unbranched alkanes of at least 4 members (excludes halogenated alkanes) is 5. The quantitative estimate of drug-likeness (QED) is 0.577. The largest absolute Gasteiger partial charge is 0.371 e. The summed E-state index contributed by atoms with van der Waals surface area (Å²) in [5.41, 5.74) is -0.732. The maximum atomic E-state index is 12.0. The van der Waals surface area contributed by atoms with E-state index in [1.807, 2.05) is 30.3 Å². The molecule has 0 spiro atoms. The highest BCUT2D eigenvalue weighted by molar-refractivity contribution is 5.90. The van der Waals surface area contributed by atoms with Crippen molar-refractivity contribution < 1.29 is 9.90 Å². The van der Waals surface area contributed by atoms with E-state index in [-0.39, 0.29) is 5.78 Å². The van der Waals surface area contributed by atoms with Crippen LogP contribution in [0.25, 0.3) is 0 Å². The molecule has 0 heterocycles. The zero-order valence-electron chi connectivity index (χ0n) is 13.2. The van der Waals surface area contributed by atoms with Gasteiger partial charge in [0.25, 0.3) is 0 Å². The van der Waals surface area contributed by atoms with Crippen LogP contribution in [0.15, 0.2) is 30.3 Å². The maximum Gasteiger partial charge on any atom is 0.181 e. The number of aliphatic hydroxyl groups is 1. The Morgan fingerprint density at radius 1 is 1.10 bits per heavy atom. The highest BCUT2D eigenvalue weighted by Gasteiger charge is 2.26. The number of carbonyl (C=O) groups excluding carboxylic acids is 1. The Hall–Kier alpha value is -1.59. The smallest absolute Gasteiger partial charge is 0.181 e. The average Bonchev–Trinajstić information content (AvgIpc) is 2.49. The lowest BCUT2D eigenvalue weighted by Crippen LogP contribution is -2.33. The maximum absolute atomic E-state index is 12.0. The van der Waals surface area contributed by atoms with E-state index in [9.17, 15) is 9.90 Å². The molecule has 0 aliphatic carbocycles. The number of Topliss-reactive ketones (excluding diaryl/α,β-unsaturated/α-hetero) is 1. The van der Waals surface area contributed by atoms with Crippen molar-refractivity contribution in [3.05, 3.63) is 35.9 Å². The van der Waals surface area contributed by atoms with Gasteiger partial charge in [0.2, 0.25) is 0 Å². The Bertz CT molecular complexity index is 477. The van der Waals surface area contributed by atoms with Gasteiger partial charge in [0, 0.05) is 12.0 Å².